The van der Waals surface area contributed by atoms with Gasteiger partial charge in [0.1, 0.15) is 0 Å². The Morgan fingerprint density at radius 1 is 1.40 bits per heavy atom. The molecule has 0 bridgehead atoms. The van der Waals surface area contributed by atoms with E-state index in [-0.39, 0.29) is 0 Å². The van der Waals surface area contributed by atoms with Crippen LogP contribution in [0.3, 0.4) is 0 Å². The summed E-state index contributed by atoms with van der Waals surface area (Å²) in [6.07, 6.45) is 4.17. The quantitative estimate of drug-likeness (QED) is 0.789. The number of rotatable bonds is 4. The zero-order chi connectivity index (χ0) is 11.5. The molecular formula is C13H27NS. The van der Waals surface area contributed by atoms with Crippen molar-refractivity contribution in [2.45, 2.75) is 70.4 Å². The molecule has 0 heterocycles. The van der Waals surface area contributed by atoms with E-state index in [1.54, 1.807) is 0 Å². The van der Waals surface area contributed by atoms with E-state index in [1.807, 2.05) is 0 Å². The average Bonchev–Trinajstić information content (AvgIpc) is 2.10. The van der Waals surface area contributed by atoms with Crippen LogP contribution in [0, 0.1) is 5.41 Å². The van der Waals surface area contributed by atoms with Gasteiger partial charge in [-0.05, 0) is 30.1 Å². The SMILES string of the molecule is CCNC1C(SC(C)C)CCCC1(C)C. The summed E-state index contributed by atoms with van der Waals surface area (Å²) >= 11 is 2.16. The smallest absolute Gasteiger partial charge is 0.0237 e. The van der Waals surface area contributed by atoms with Crippen molar-refractivity contribution in [1.29, 1.82) is 0 Å². The summed E-state index contributed by atoms with van der Waals surface area (Å²) in [5.74, 6) is 0. The lowest BCUT2D eigenvalue weighted by Gasteiger charge is -2.44. The van der Waals surface area contributed by atoms with E-state index < -0.39 is 0 Å². The number of hydrogen-bond acceptors (Lipinski definition) is 2. The lowest BCUT2D eigenvalue weighted by molar-refractivity contribution is 0.176. The molecule has 0 aromatic rings. The maximum atomic E-state index is 3.71. The van der Waals surface area contributed by atoms with Gasteiger partial charge in [-0.15, -0.1) is 0 Å². The molecule has 2 unspecified atom stereocenters. The molecule has 0 radical (unpaired) electrons. The molecule has 1 saturated carbocycles. The summed E-state index contributed by atoms with van der Waals surface area (Å²) in [7, 11) is 0. The van der Waals surface area contributed by atoms with E-state index in [9.17, 15) is 0 Å². The predicted octanol–water partition coefficient (Wildman–Crippen LogP) is 3.68. The zero-order valence-electron chi connectivity index (χ0n) is 11.0. The van der Waals surface area contributed by atoms with Crippen molar-refractivity contribution in [3.63, 3.8) is 0 Å². The molecule has 1 fully saturated rings. The van der Waals surface area contributed by atoms with Gasteiger partial charge in [-0.3, -0.25) is 0 Å². The van der Waals surface area contributed by atoms with Gasteiger partial charge < -0.3 is 5.32 Å². The summed E-state index contributed by atoms with van der Waals surface area (Å²) in [5, 5.41) is 5.28. The minimum atomic E-state index is 0.473. The van der Waals surface area contributed by atoms with Crippen molar-refractivity contribution in [3.8, 4) is 0 Å². The Labute approximate surface area is 99.8 Å². The monoisotopic (exact) mass is 229 g/mol. The minimum absolute atomic E-state index is 0.473. The maximum absolute atomic E-state index is 3.71. The van der Waals surface area contributed by atoms with E-state index in [0.717, 1.165) is 17.0 Å². The van der Waals surface area contributed by atoms with E-state index in [1.165, 1.54) is 19.3 Å². The fraction of sp³-hybridized carbons (Fsp3) is 1.00. The van der Waals surface area contributed by atoms with Gasteiger partial charge in [-0.1, -0.05) is 41.0 Å². The van der Waals surface area contributed by atoms with E-state index >= 15 is 0 Å². The first-order valence-corrected chi connectivity index (χ1v) is 7.30. The van der Waals surface area contributed by atoms with Gasteiger partial charge in [0.2, 0.25) is 0 Å². The standard InChI is InChI=1S/C13H27NS/c1-6-14-12-11(15-10(2)3)8-7-9-13(12,4)5/h10-12,14H,6-9H2,1-5H3. The Morgan fingerprint density at radius 2 is 2.07 bits per heavy atom. The summed E-state index contributed by atoms with van der Waals surface area (Å²) < 4.78 is 0. The first kappa shape index (κ1) is 13.4. The molecule has 0 aromatic carbocycles. The van der Waals surface area contributed by atoms with Crippen LogP contribution in [0.2, 0.25) is 0 Å². The Hall–Kier alpha value is 0.310. The van der Waals surface area contributed by atoms with Gasteiger partial charge in [-0.2, -0.15) is 11.8 Å². The molecule has 2 heteroatoms. The van der Waals surface area contributed by atoms with Gasteiger partial charge in [0.05, 0.1) is 0 Å². The molecule has 0 saturated heterocycles. The Kier molecular flexibility index (Phi) is 4.98. The molecule has 0 spiro atoms. The molecule has 0 amide bonds. The third-order valence-electron chi connectivity index (χ3n) is 3.39. The van der Waals surface area contributed by atoms with Crippen molar-refractivity contribution in [1.82, 2.24) is 5.32 Å². The summed E-state index contributed by atoms with van der Waals surface area (Å²) in [4.78, 5) is 0. The third kappa shape index (κ3) is 3.67. The molecule has 15 heavy (non-hydrogen) atoms. The van der Waals surface area contributed by atoms with Gasteiger partial charge in [0.25, 0.3) is 0 Å². The van der Waals surface area contributed by atoms with Crippen LogP contribution in [-0.4, -0.2) is 23.1 Å². The number of thioether (sulfide) groups is 1. The van der Waals surface area contributed by atoms with Gasteiger partial charge in [0.15, 0.2) is 0 Å². The highest BCUT2D eigenvalue weighted by atomic mass is 32.2. The highest BCUT2D eigenvalue weighted by Gasteiger charge is 2.38. The molecule has 90 valence electrons. The first-order chi connectivity index (χ1) is 6.97. The van der Waals surface area contributed by atoms with Crippen LogP contribution < -0.4 is 5.32 Å². The Balaban J connectivity index is 2.66. The van der Waals surface area contributed by atoms with Crippen LogP contribution in [0.4, 0.5) is 0 Å². The second kappa shape index (κ2) is 5.58. The normalized spacial score (nSPS) is 30.8. The molecule has 1 rings (SSSR count). The van der Waals surface area contributed by atoms with E-state index in [4.69, 9.17) is 0 Å². The third-order valence-corrected chi connectivity index (χ3v) is 4.80. The second-order valence-electron chi connectivity index (χ2n) is 5.64. The molecule has 1 aliphatic rings. The molecule has 1 N–H and O–H groups in total. The summed E-state index contributed by atoms with van der Waals surface area (Å²) in [5.41, 5.74) is 0.473. The Bertz CT molecular complexity index is 189. The molecule has 1 nitrogen and oxygen atoms in total. The van der Waals surface area contributed by atoms with Gasteiger partial charge >= 0.3 is 0 Å². The lowest BCUT2D eigenvalue weighted by Crippen LogP contribution is -2.51. The van der Waals surface area contributed by atoms with Crippen LogP contribution >= 0.6 is 11.8 Å². The van der Waals surface area contributed by atoms with Gasteiger partial charge in [-0.25, -0.2) is 0 Å². The van der Waals surface area contributed by atoms with Crippen molar-refractivity contribution in [2.24, 2.45) is 5.41 Å². The lowest BCUT2D eigenvalue weighted by atomic mass is 9.73. The van der Waals surface area contributed by atoms with Gasteiger partial charge in [0, 0.05) is 11.3 Å². The number of nitrogens with one attached hydrogen (secondary N) is 1. The molecule has 0 aliphatic heterocycles. The predicted molar refractivity (Wildman–Crippen MR) is 71.6 cm³/mol. The zero-order valence-corrected chi connectivity index (χ0v) is 11.8. The summed E-state index contributed by atoms with van der Waals surface area (Å²) in [6, 6.07) is 0.698. The molecular weight excluding hydrogens is 202 g/mol. The highest BCUT2D eigenvalue weighted by molar-refractivity contribution is 8.00. The van der Waals surface area contributed by atoms with Crippen LogP contribution in [-0.2, 0) is 0 Å². The second-order valence-corrected chi connectivity index (χ2v) is 7.46. The van der Waals surface area contributed by atoms with Crippen molar-refractivity contribution >= 4 is 11.8 Å². The van der Waals surface area contributed by atoms with Crippen LogP contribution in [0.1, 0.15) is 53.9 Å². The van der Waals surface area contributed by atoms with Crippen LogP contribution in [0.5, 0.6) is 0 Å². The topological polar surface area (TPSA) is 12.0 Å². The van der Waals surface area contributed by atoms with Crippen molar-refractivity contribution in [3.05, 3.63) is 0 Å². The summed E-state index contributed by atoms with van der Waals surface area (Å²) in [6.45, 7) is 12.8. The van der Waals surface area contributed by atoms with E-state index in [0.29, 0.717) is 11.5 Å². The van der Waals surface area contributed by atoms with Crippen molar-refractivity contribution in [2.75, 3.05) is 6.54 Å². The molecule has 1 aliphatic carbocycles. The number of hydrogen-bond donors (Lipinski definition) is 1. The Morgan fingerprint density at radius 3 is 2.60 bits per heavy atom. The first-order valence-electron chi connectivity index (χ1n) is 6.36. The largest absolute Gasteiger partial charge is 0.313 e. The van der Waals surface area contributed by atoms with Crippen molar-refractivity contribution < 1.29 is 0 Å². The minimum Gasteiger partial charge on any atom is -0.313 e. The van der Waals surface area contributed by atoms with Crippen LogP contribution in [0.15, 0.2) is 0 Å². The fourth-order valence-electron chi connectivity index (χ4n) is 2.71. The van der Waals surface area contributed by atoms with Crippen LogP contribution in [0.25, 0.3) is 0 Å². The molecule has 2 atom stereocenters. The fourth-order valence-corrected chi connectivity index (χ4v) is 4.33. The highest BCUT2D eigenvalue weighted by Crippen LogP contribution is 2.41. The van der Waals surface area contributed by atoms with E-state index in [2.05, 4.69) is 51.7 Å². The molecule has 0 aromatic heterocycles. The maximum Gasteiger partial charge on any atom is 0.0237 e. The average molecular weight is 229 g/mol.